The number of fused-ring (bicyclic) bond motifs is 2. The summed E-state index contributed by atoms with van der Waals surface area (Å²) in [6.07, 6.45) is 3.29. The number of amides is 1. The number of halogens is 2. The minimum atomic E-state index is -1.09. The fourth-order valence-corrected chi connectivity index (χ4v) is 3.67. The van der Waals surface area contributed by atoms with Gasteiger partial charge in [-0.15, -0.1) is 0 Å². The van der Waals surface area contributed by atoms with Gasteiger partial charge >= 0.3 is 0 Å². The van der Waals surface area contributed by atoms with Crippen LogP contribution in [0.25, 0.3) is 22.2 Å². The van der Waals surface area contributed by atoms with Gasteiger partial charge in [0.25, 0.3) is 0 Å². The van der Waals surface area contributed by atoms with Crippen molar-refractivity contribution in [1.29, 1.82) is 0 Å². The first-order valence-electron chi connectivity index (χ1n) is 9.11. The van der Waals surface area contributed by atoms with Crippen molar-refractivity contribution in [2.45, 2.75) is 6.42 Å². The molecule has 0 spiro atoms. The number of anilines is 2. The van der Waals surface area contributed by atoms with Crippen molar-refractivity contribution >= 4 is 34.1 Å². The zero-order chi connectivity index (χ0) is 21.0. The number of nitrogens with zero attached hydrogens (tertiary/aromatic N) is 1. The van der Waals surface area contributed by atoms with Crippen LogP contribution in [0, 0.1) is 11.6 Å². The highest BCUT2D eigenvalue weighted by Gasteiger charge is 2.24. The number of benzene rings is 2. The van der Waals surface area contributed by atoms with Crippen molar-refractivity contribution in [3.63, 3.8) is 0 Å². The summed E-state index contributed by atoms with van der Waals surface area (Å²) in [6, 6.07) is 9.27. The number of H-pyrrole nitrogens is 1. The first kappa shape index (κ1) is 18.0. The minimum Gasteiger partial charge on any atom is -0.396 e. The van der Waals surface area contributed by atoms with Crippen LogP contribution in [0.5, 0.6) is 0 Å². The fourth-order valence-electron chi connectivity index (χ4n) is 3.67. The van der Waals surface area contributed by atoms with Gasteiger partial charge in [0.1, 0.15) is 11.5 Å². The van der Waals surface area contributed by atoms with Crippen molar-refractivity contribution in [2.75, 3.05) is 11.1 Å². The van der Waals surface area contributed by atoms with Crippen LogP contribution in [0.3, 0.4) is 0 Å². The van der Waals surface area contributed by atoms with Crippen molar-refractivity contribution < 1.29 is 18.4 Å². The van der Waals surface area contributed by atoms with E-state index in [1.54, 1.807) is 18.3 Å². The number of carbonyl (C=O) groups is 2. The van der Waals surface area contributed by atoms with Gasteiger partial charge in [-0.1, -0.05) is 6.07 Å². The van der Waals surface area contributed by atoms with Crippen LogP contribution >= 0.6 is 0 Å². The van der Waals surface area contributed by atoms with Gasteiger partial charge in [-0.2, -0.15) is 0 Å². The largest absolute Gasteiger partial charge is 0.396 e. The molecule has 4 N–H and O–H groups in total. The highest BCUT2D eigenvalue weighted by Crippen LogP contribution is 2.32. The lowest BCUT2D eigenvalue weighted by molar-refractivity contribution is -0.115. The molecule has 148 valence electrons. The SMILES string of the molecule is Nc1ccc(F)c(C(=O)c2c[nH]c3ncc(-c4ccc5c(c4)CC(=O)N5)cc23)c1F. The lowest BCUT2D eigenvalue weighted by Crippen LogP contribution is -2.09. The summed E-state index contributed by atoms with van der Waals surface area (Å²) in [5.41, 5.74) is 8.13. The molecule has 0 atom stereocenters. The Hall–Kier alpha value is -4.07. The summed E-state index contributed by atoms with van der Waals surface area (Å²) in [7, 11) is 0. The second-order valence-electron chi connectivity index (χ2n) is 7.07. The van der Waals surface area contributed by atoms with E-state index < -0.39 is 23.0 Å². The maximum atomic E-state index is 14.4. The standard InChI is InChI=1S/C22H14F2N4O2/c23-15-2-3-16(25)20(24)19(15)21(30)14-9-27-22-13(14)6-12(8-26-22)10-1-4-17-11(5-10)7-18(29)28-17/h1-6,8-9H,7,25H2,(H,26,27)(H,28,29). The predicted molar refractivity (Wildman–Crippen MR) is 108 cm³/mol. The number of ketones is 1. The van der Waals surface area contributed by atoms with Gasteiger partial charge in [0, 0.05) is 34.6 Å². The number of nitrogen functional groups attached to an aromatic ring is 1. The smallest absolute Gasteiger partial charge is 0.228 e. The molecule has 2 aromatic heterocycles. The second kappa shape index (κ2) is 6.48. The van der Waals surface area contributed by atoms with Gasteiger partial charge < -0.3 is 16.0 Å². The van der Waals surface area contributed by atoms with E-state index in [0.29, 0.717) is 23.0 Å². The van der Waals surface area contributed by atoms with Gasteiger partial charge in [-0.3, -0.25) is 9.59 Å². The van der Waals surface area contributed by atoms with Crippen LogP contribution < -0.4 is 11.1 Å². The molecule has 8 heteroatoms. The van der Waals surface area contributed by atoms with Gasteiger partial charge in [-0.05, 0) is 41.5 Å². The third-order valence-corrected chi connectivity index (χ3v) is 5.19. The maximum absolute atomic E-state index is 14.4. The van der Waals surface area contributed by atoms with E-state index in [9.17, 15) is 18.4 Å². The molecule has 0 saturated carbocycles. The summed E-state index contributed by atoms with van der Waals surface area (Å²) >= 11 is 0. The molecule has 30 heavy (non-hydrogen) atoms. The summed E-state index contributed by atoms with van der Waals surface area (Å²) in [6.45, 7) is 0. The summed E-state index contributed by atoms with van der Waals surface area (Å²) < 4.78 is 28.6. The first-order chi connectivity index (χ1) is 14.4. The maximum Gasteiger partial charge on any atom is 0.228 e. The van der Waals surface area contributed by atoms with E-state index in [1.165, 1.54) is 6.20 Å². The molecule has 0 radical (unpaired) electrons. The minimum absolute atomic E-state index is 0.0690. The van der Waals surface area contributed by atoms with Crippen LogP contribution in [-0.4, -0.2) is 21.7 Å². The number of nitrogens with two attached hydrogens (primary N) is 1. The molecule has 6 nitrogen and oxygen atoms in total. The molecule has 0 saturated heterocycles. The van der Waals surface area contributed by atoms with Gasteiger partial charge in [0.15, 0.2) is 5.82 Å². The summed E-state index contributed by atoms with van der Waals surface area (Å²) in [4.78, 5) is 31.7. The van der Waals surface area contributed by atoms with Crippen LogP contribution in [0.4, 0.5) is 20.2 Å². The average Bonchev–Trinajstić information content (AvgIpc) is 3.32. The number of pyridine rings is 1. The fraction of sp³-hybridized carbons (Fsp3) is 0.0455. The molecule has 1 aliphatic heterocycles. The van der Waals surface area contributed by atoms with E-state index in [-0.39, 0.29) is 17.2 Å². The molecular formula is C22H14F2N4O2. The van der Waals surface area contributed by atoms with Crippen LogP contribution in [0.15, 0.2) is 48.8 Å². The molecule has 5 rings (SSSR count). The Kier molecular flexibility index (Phi) is 3.89. The molecule has 0 aliphatic carbocycles. The number of hydrogen-bond donors (Lipinski definition) is 3. The lowest BCUT2D eigenvalue weighted by atomic mass is 9.99. The molecule has 0 unspecified atom stereocenters. The monoisotopic (exact) mass is 404 g/mol. The van der Waals surface area contributed by atoms with Gasteiger partial charge in [-0.25, -0.2) is 13.8 Å². The van der Waals surface area contributed by atoms with Crippen LogP contribution in [-0.2, 0) is 11.2 Å². The van der Waals surface area contributed by atoms with E-state index in [2.05, 4.69) is 15.3 Å². The van der Waals surface area contributed by atoms with Crippen molar-refractivity contribution in [3.05, 3.63) is 77.1 Å². The number of hydrogen-bond acceptors (Lipinski definition) is 4. The first-order valence-corrected chi connectivity index (χ1v) is 9.11. The topological polar surface area (TPSA) is 101 Å². The number of aromatic nitrogens is 2. The molecule has 0 fully saturated rings. The summed E-state index contributed by atoms with van der Waals surface area (Å²) in [5, 5.41) is 3.20. The predicted octanol–water partition coefficient (Wildman–Crippen LogP) is 3.82. The highest BCUT2D eigenvalue weighted by molar-refractivity contribution is 6.16. The quantitative estimate of drug-likeness (QED) is 0.357. The van der Waals surface area contributed by atoms with E-state index in [1.807, 2.05) is 12.1 Å². The molecule has 0 bridgehead atoms. The van der Waals surface area contributed by atoms with Crippen molar-refractivity contribution in [2.24, 2.45) is 0 Å². The Balaban J connectivity index is 1.61. The molecule has 1 amide bonds. The Morgan fingerprint density at radius 1 is 1.10 bits per heavy atom. The normalized spacial score (nSPS) is 12.8. The number of nitrogens with one attached hydrogen (secondary N) is 2. The lowest BCUT2D eigenvalue weighted by Gasteiger charge is -2.07. The zero-order valence-corrected chi connectivity index (χ0v) is 15.4. The molecule has 3 heterocycles. The number of carbonyl (C=O) groups excluding carboxylic acids is 2. The van der Waals surface area contributed by atoms with Gasteiger partial charge in [0.05, 0.1) is 17.7 Å². The van der Waals surface area contributed by atoms with E-state index in [4.69, 9.17) is 5.73 Å². The Morgan fingerprint density at radius 2 is 1.93 bits per heavy atom. The zero-order valence-electron chi connectivity index (χ0n) is 15.4. The van der Waals surface area contributed by atoms with Gasteiger partial charge in [0.2, 0.25) is 11.7 Å². The van der Waals surface area contributed by atoms with E-state index >= 15 is 0 Å². The molecular weight excluding hydrogens is 390 g/mol. The molecule has 4 aromatic rings. The molecule has 2 aromatic carbocycles. The average molecular weight is 404 g/mol. The highest BCUT2D eigenvalue weighted by atomic mass is 19.1. The van der Waals surface area contributed by atoms with Crippen molar-refractivity contribution in [1.82, 2.24) is 9.97 Å². The third kappa shape index (κ3) is 2.73. The van der Waals surface area contributed by atoms with E-state index in [0.717, 1.165) is 28.9 Å². The van der Waals surface area contributed by atoms with Crippen molar-refractivity contribution in [3.8, 4) is 11.1 Å². The Morgan fingerprint density at radius 3 is 2.77 bits per heavy atom. The number of rotatable bonds is 3. The Bertz CT molecular complexity index is 1380. The van der Waals surface area contributed by atoms with Crippen LogP contribution in [0.1, 0.15) is 21.5 Å². The third-order valence-electron chi connectivity index (χ3n) is 5.19. The molecule has 1 aliphatic rings. The summed E-state index contributed by atoms with van der Waals surface area (Å²) in [5.74, 6) is -2.97. The Labute approximate surface area is 168 Å². The number of aromatic amines is 1. The second-order valence-corrected chi connectivity index (χ2v) is 7.07. The van der Waals surface area contributed by atoms with Crippen LogP contribution in [0.2, 0.25) is 0 Å².